The first-order valence-corrected chi connectivity index (χ1v) is 7.03. The second kappa shape index (κ2) is 5.35. The van der Waals surface area contributed by atoms with Gasteiger partial charge in [-0.25, -0.2) is 0 Å². The number of hydrogen-bond donors (Lipinski definition) is 1. The average Bonchev–Trinajstić information content (AvgIpc) is 2.86. The van der Waals surface area contributed by atoms with Crippen molar-refractivity contribution in [1.82, 2.24) is 10.3 Å². The molecule has 0 aliphatic heterocycles. The lowest BCUT2D eigenvalue weighted by Gasteiger charge is -2.30. The summed E-state index contributed by atoms with van der Waals surface area (Å²) in [4.78, 5) is 4.59. The summed E-state index contributed by atoms with van der Waals surface area (Å²) in [7, 11) is 1.96. The number of rotatable bonds is 3. The van der Waals surface area contributed by atoms with E-state index in [1.165, 1.54) is 17.7 Å². The van der Waals surface area contributed by atoms with Crippen LogP contribution in [0.25, 0.3) is 0 Å². The van der Waals surface area contributed by atoms with Crippen LogP contribution in [0.15, 0.2) is 34.9 Å². The van der Waals surface area contributed by atoms with Gasteiger partial charge in [0.25, 0.3) is 0 Å². The Hall–Kier alpha value is -1.32. The lowest BCUT2D eigenvalue weighted by Crippen LogP contribution is -2.27. The van der Waals surface area contributed by atoms with Crippen LogP contribution >= 0.6 is 11.6 Å². The third kappa shape index (κ3) is 2.40. The summed E-state index contributed by atoms with van der Waals surface area (Å²) in [5, 5.41) is 3.79. The van der Waals surface area contributed by atoms with Crippen molar-refractivity contribution in [3.63, 3.8) is 0 Å². The van der Waals surface area contributed by atoms with Crippen LogP contribution in [0.5, 0.6) is 0 Å². The molecule has 2 aromatic rings. The molecule has 100 valence electrons. The van der Waals surface area contributed by atoms with Gasteiger partial charge in [-0.15, -0.1) is 0 Å². The van der Waals surface area contributed by atoms with Gasteiger partial charge >= 0.3 is 0 Å². The Balaban J connectivity index is 1.97. The van der Waals surface area contributed by atoms with E-state index in [9.17, 15) is 0 Å². The fourth-order valence-electron chi connectivity index (χ4n) is 3.01. The van der Waals surface area contributed by atoms with Crippen molar-refractivity contribution >= 4 is 11.6 Å². The van der Waals surface area contributed by atoms with Crippen molar-refractivity contribution < 1.29 is 4.42 Å². The third-order valence-corrected chi connectivity index (χ3v) is 4.06. The highest BCUT2D eigenvalue weighted by Gasteiger charge is 2.30. The maximum atomic E-state index is 5.89. The summed E-state index contributed by atoms with van der Waals surface area (Å²) in [5.41, 5.74) is 2.55. The topological polar surface area (TPSA) is 38.1 Å². The van der Waals surface area contributed by atoms with E-state index in [0.29, 0.717) is 11.1 Å². The molecule has 0 amide bonds. The molecule has 0 bridgehead atoms. The molecular formula is C15H17ClN2O. The molecule has 0 saturated carbocycles. The number of halogens is 1. The number of likely N-dealkylation sites (N-methyl/N-ethyl adjacent to an activating group) is 1. The average molecular weight is 277 g/mol. The van der Waals surface area contributed by atoms with Crippen LogP contribution in [0.1, 0.15) is 41.8 Å². The smallest absolute Gasteiger partial charge is 0.193 e. The minimum atomic E-state index is 0.126. The van der Waals surface area contributed by atoms with Crippen molar-refractivity contribution in [2.24, 2.45) is 0 Å². The van der Waals surface area contributed by atoms with E-state index in [1.54, 1.807) is 6.07 Å². The predicted octanol–water partition coefficient (Wildman–Crippen LogP) is 3.71. The Bertz CT molecular complexity index is 567. The zero-order valence-electron chi connectivity index (χ0n) is 10.9. The molecule has 2 atom stereocenters. The van der Waals surface area contributed by atoms with Gasteiger partial charge in [0.15, 0.2) is 5.22 Å². The van der Waals surface area contributed by atoms with E-state index in [4.69, 9.17) is 16.0 Å². The Morgan fingerprint density at radius 1 is 1.42 bits per heavy atom. The van der Waals surface area contributed by atoms with Gasteiger partial charge in [-0.05, 0) is 61.7 Å². The number of nitrogens with one attached hydrogen (secondary N) is 1. The molecule has 2 heterocycles. The SMILES string of the molecule is CNC(c1ccc(Cl)o1)C1CCCc2cccnc21. The molecule has 0 spiro atoms. The fraction of sp³-hybridized carbons (Fsp3) is 0.400. The van der Waals surface area contributed by atoms with Crippen molar-refractivity contribution in [1.29, 1.82) is 0 Å². The zero-order valence-corrected chi connectivity index (χ0v) is 11.7. The second-order valence-corrected chi connectivity index (χ2v) is 5.33. The minimum absolute atomic E-state index is 0.126. The van der Waals surface area contributed by atoms with E-state index in [-0.39, 0.29) is 6.04 Å². The van der Waals surface area contributed by atoms with Crippen molar-refractivity contribution in [3.8, 4) is 0 Å². The third-order valence-electron chi connectivity index (χ3n) is 3.85. The first-order chi connectivity index (χ1) is 9.29. The molecule has 2 aromatic heterocycles. The van der Waals surface area contributed by atoms with Gasteiger partial charge in [0.1, 0.15) is 5.76 Å². The highest BCUT2D eigenvalue weighted by Crippen LogP contribution is 2.39. The summed E-state index contributed by atoms with van der Waals surface area (Å²) in [5.74, 6) is 1.23. The van der Waals surface area contributed by atoms with Crippen LogP contribution in [0.4, 0.5) is 0 Å². The van der Waals surface area contributed by atoms with Crippen LogP contribution < -0.4 is 5.32 Å². The number of hydrogen-bond acceptors (Lipinski definition) is 3. The number of aromatic nitrogens is 1. The van der Waals surface area contributed by atoms with Crippen molar-refractivity contribution in [2.75, 3.05) is 7.05 Å². The van der Waals surface area contributed by atoms with Gasteiger partial charge in [-0.1, -0.05) is 6.07 Å². The number of aryl methyl sites for hydroxylation is 1. The largest absolute Gasteiger partial charge is 0.448 e. The molecule has 0 radical (unpaired) electrons. The van der Waals surface area contributed by atoms with E-state index >= 15 is 0 Å². The van der Waals surface area contributed by atoms with Gasteiger partial charge in [-0.3, -0.25) is 4.98 Å². The normalized spacial score (nSPS) is 20.0. The number of nitrogens with zero attached hydrogens (tertiary/aromatic N) is 1. The van der Waals surface area contributed by atoms with E-state index < -0.39 is 0 Å². The minimum Gasteiger partial charge on any atom is -0.448 e. The number of furan rings is 1. The molecule has 0 fully saturated rings. The van der Waals surface area contributed by atoms with Gasteiger partial charge in [0.2, 0.25) is 0 Å². The summed E-state index contributed by atoms with van der Waals surface area (Å²) in [6.07, 6.45) is 5.30. The van der Waals surface area contributed by atoms with Crippen LogP contribution in [0.3, 0.4) is 0 Å². The first-order valence-electron chi connectivity index (χ1n) is 6.66. The Labute approximate surface area is 118 Å². The highest BCUT2D eigenvalue weighted by atomic mass is 35.5. The van der Waals surface area contributed by atoms with E-state index in [2.05, 4.69) is 16.4 Å². The van der Waals surface area contributed by atoms with Crippen LogP contribution in [-0.4, -0.2) is 12.0 Å². The predicted molar refractivity (Wildman–Crippen MR) is 75.4 cm³/mol. The molecular weight excluding hydrogens is 260 g/mol. The fourth-order valence-corrected chi connectivity index (χ4v) is 3.16. The molecule has 3 nitrogen and oxygen atoms in total. The summed E-state index contributed by atoms with van der Waals surface area (Å²) in [6, 6.07) is 8.06. The zero-order chi connectivity index (χ0) is 13.2. The lowest BCUT2D eigenvalue weighted by molar-refractivity contribution is 0.353. The van der Waals surface area contributed by atoms with Gasteiger partial charge < -0.3 is 9.73 Å². The van der Waals surface area contributed by atoms with Crippen LogP contribution in [0, 0.1) is 0 Å². The number of pyridine rings is 1. The Morgan fingerprint density at radius 3 is 3.05 bits per heavy atom. The quantitative estimate of drug-likeness (QED) is 0.929. The molecule has 0 aromatic carbocycles. The Morgan fingerprint density at radius 2 is 2.32 bits per heavy atom. The van der Waals surface area contributed by atoms with E-state index in [1.807, 2.05) is 25.4 Å². The van der Waals surface area contributed by atoms with Gasteiger partial charge in [-0.2, -0.15) is 0 Å². The van der Waals surface area contributed by atoms with Crippen LogP contribution in [-0.2, 0) is 6.42 Å². The van der Waals surface area contributed by atoms with Gasteiger partial charge in [0, 0.05) is 17.8 Å². The standard InChI is InChI=1S/C15H17ClN2O/c1-17-15(12-7-8-13(16)19-12)11-6-2-4-10-5-3-9-18-14(10)11/h3,5,7-9,11,15,17H,2,4,6H2,1H3. The summed E-state index contributed by atoms with van der Waals surface area (Å²) in [6.45, 7) is 0. The van der Waals surface area contributed by atoms with Crippen molar-refractivity contribution in [3.05, 3.63) is 52.7 Å². The molecule has 3 rings (SSSR count). The first kappa shape index (κ1) is 12.7. The molecule has 19 heavy (non-hydrogen) atoms. The molecule has 1 N–H and O–H groups in total. The Kier molecular flexibility index (Phi) is 3.58. The molecule has 1 aliphatic rings. The van der Waals surface area contributed by atoms with Gasteiger partial charge in [0.05, 0.1) is 6.04 Å². The maximum Gasteiger partial charge on any atom is 0.193 e. The molecule has 1 aliphatic carbocycles. The molecule has 4 heteroatoms. The number of fused-ring (bicyclic) bond motifs is 1. The monoisotopic (exact) mass is 276 g/mol. The summed E-state index contributed by atoms with van der Waals surface area (Å²) >= 11 is 5.89. The summed E-state index contributed by atoms with van der Waals surface area (Å²) < 4.78 is 5.58. The molecule has 2 unspecified atom stereocenters. The maximum absolute atomic E-state index is 5.89. The lowest BCUT2D eigenvalue weighted by atomic mass is 9.81. The highest BCUT2D eigenvalue weighted by molar-refractivity contribution is 6.28. The van der Waals surface area contributed by atoms with Crippen LogP contribution in [0.2, 0.25) is 5.22 Å². The second-order valence-electron chi connectivity index (χ2n) is 4.95. The van der Waals surface area contributed by atoms with Crippen molar-refractivity contribution in [2.45, 2.75) is 31.2 Å². The van der Waals surface area contributed by atoms with E-state index in [0.717, 1.165) is 18.6 Å². The molecule has 0 saturated heterocycles.